The summed E-state index contributed by atoms with van der Waals surface area (Å²) in [5.41, 5.74) is 0.258. The lowest BCUT2D eigenvalue weighted by molar-refractivity contribution is -0.113. The summed E-state index contributed by atoms with van der Waals surface area (Å²) >= 11 is 1.07. The predicted molar refractivity (Wildman–Crippen MR) is 106 cm³/mol. The highest BCUT2D eigenvalue weighted by Gasteiger charge is 2.14. The van der Waals surface area contributed by atoms with Gasteiger partial charge in [0.05, 0.1) is 24.5 Å². The number of carbonyl (C=O) groups excluding carboxylic acids is 1. The van der Waals surface area contributed by atoms with Crippen molar-refractivity contribution in [3.63, 3.8) is 0 Å². The number of H-pyrrole nitrogens is 2. The fraction of sp³-hybridized carbons (Fsp3) is 0.278. The average Bonchev–Trinajstić information content (AvgIpc) is 3.12. The number of thioether (sulfide) groups is 1. The number of ether oxygens (including phenoxy) is 1. The lowest BCUT2D eigenvalue weighted by Gasteiger charge is -2.10. The fourth-order valence-corrected chi connectivity index (χ4v) is 3.10. The number of aromatic nitrogens is 4. The zero-order valence-corrected chi connectivity index (χ0v) is 16.6. The Morgan fingerprint density at radius 3 is 2.79 bits per heavy atom. The van der Waals surface area contributed by atoms with Crippen molar-refractivity contribution in [2.75, 3.05) is 17.7 Å². The molecule has 2 aromatic heterocycles. The molecule has 11 heteroatoms. The van der Waals surface area contributed by atoms with E-state index in [2.05, 4.69) is 25.5 Å². The van der Waals surface area contributed by atoms with Gasteiger partial charge in [-0.25, -0.2) is 4.79 Å². The van der Waals surface area contributed by atoms with Gasteiger partial charge in [0.1, 0.15) is 5.75 Å². The molecule has 0 saturated heterocycles. The van der Waals surface area contributed by atoms with Crippen LogP contribution in [0.4, 0.5) is 5.69 Å². The normalized spacial score (nSPS) is 10.7. The van der Waals surface area contributed by atoms with Crippen LogP contribution in [0.3, 0.4) is 0 Å². The smallest absolute Gasteiger partial charge is 0.325 e. The van der Waals surface area contributed by atoms with E-state index < -0.39 is 11.2 Å². The molecule has 0 bridgehead atoms. The minimum absolute atomic E-state index is 0.0559. The molecule has 1 aromatic carbocycles. The van der Waals surface area contributed by atoms with Crippen molar-refractivity contribution in [2.24, 2.45) is 0 Å². The van der Waals surface area contributed by atoms with Crippen molar-refractivity contribution < 1.29 is 13.9 Å². The van der Waals surface area contributed by atoms with E-state index in [0.29, 0.717) is 29.3 Å². The third kappa shape index (κ3) is 5.35. The second kappa shape index (κ2) is 9.24. The van der Waals surface area contributed by atoms with Crippen molar-refractivity contribution in [1.29, 1.82) is 0 Å². The van der Waals surface area contributed by atoms with Crippen LogP contribution in [0.25, 0.3) is 0 Å². The third-order valence-electron chi connectivity index (χ3n) is 3.82. The van der Waals surface area contributed by atoms with E-state index in [1.165, 1.54) is 0 Å². The molecule has 0 radical (unpaired) electrons. The number of nitrogens with one attached hydrogen (secondary N) is 3. The molecule has 152 valence electrons. The van der Waals surface area contributed by atoms with Crippen LogP contribution in [0.1, 0.15) is 24.1 Å². The van der Waals surface area contributed by atoms with E-state index in [4.69, 9.17) is 9.15 Å². The molecule has 3 aromatic rings. The van der Waals surface area contributed by atoms with E-state index in [0.717, 1.165) is 11.8 Å². The van der Waals surface area contributed by atoms with Crippen LogP contribution in [0, 0.1) is 6.92 Å². The molecule has 0 aliphatic carbocycles. The van der Waals surface area contributed by atoms with Gasteiger partial charge >= 0.3 is 5.69 Å². The summed E-state index contributed by atoms with van der Waals surface area (Å²) in [6, 6.07) is 7.15. The number of nitrogens with zero attached hydrogens (tertiary/aromatic N) is 2. The summed E-state index contributed by atoms with van der Waals surface area (Å²) in [6.45, 7) is 3.97. The van der Waals surface area contributed by atoms with Gasteiger partial charge in [0.15, 0.2) is 0 Å². The first kappa shape index (κ1) is 20.4. The molecule has 0 spiro atoms. The largest absolute Gasteiger partial charge is 0.492 e. The van der Waals surface area contributed by atoms with Crippen molar-refractivity contribution >= 4 is 23.4 Å². The number of amides is 1. The average molecular weight is 417 g/mol. The summed E-state index contributed by atoms with van der Waals surface area (Å²) in [5.74, 6) is 0.598. The molecule has 3 rings (SSSR count). The second-order valence-corrected chi connectivity index (χ2v) is 6.84. The zero-order chi connectivity index (χ0) is 20.8. The van der Waals surface area contributed by atoms with Gasteiger partial charge in [-0.05, 0) is 26.0 Å². The number of anilines is 1. The molecule has 2 heterocycles. The zero-order valence-electron chi connectivity index (χ0n) is 15.8. The summed E-state index contributed by atoms with van der Waals surface area (Å²) in [4.78, 5) is 40.0. The lowest BCUT2D eigenvalue weighted by atomic mass is 10.2. The van der Waals surface area contributed by atoms with Crippen LogP contribution in [-0.4, -0.2) is 38.4 Å². The Bertz CT molecular complexity index is 1120. The quantitative estimate of drug-likeness (QED) is 0.468. The minimum Gasteiger partial charge on any atom is -0.492 e. The molecule has 1 amide bonds. The Labute approximate surface area is 169 Å². The van der Waals surface area contributed by atoms with E-state index in [1.54, 1.807) is 25.1 Å². The van der Waals surface area contributed by atoms with Crippen LogP contribution < -0.4 is 21.3 Å². The second-order valence-electron chi connectivity index (χ2n) is 5.92. The SMILES string of the molecule is CCOc1ccccc1NC(=O)CSc1nnc(Cc2c(C)[nH]c(=O)[nH]c2=O)o1. The molecule has 0 fully saturated rings. The van der Waals surface area contributed by atoms with Gasteiger partial charge in [0, 0.05) is 11.3 Å². The summed E-state index contributed by atoms with van der Waals surface area (Å²) in [7, 11) is 0. The number of benzene rings is 1. The maximum Gasteiger partial charge on any atom is 0.325 e. The van der Waals surface area contributed by atoms with E-state index >= 15 is 0 Å². The standard InChI is InChI=1S/C18H19N5O5S/c1-3-27-13-7-5-4-6-12(13)20-14(24)9-29-18-23-22-15(28-18)8-11-10(2)19-17(26)21-16(11)25/h4-7H,3,8-9H2,1-2H3,(H,20,24)(H2,19,21,25,26). The predicted octanol–water partition coefficient (Wildman–Crippen LogP) is 1.47. The van der Waals surface area contributed by atoms with Gasteiger partial charge < -0.3 is 19.5 Å². The Balaban J connectivity index is 1.59. The van der Waals surface area contributed by atoms with Gasteiger partial charge in [-0.2, -0.15) is 0 Å². The molecule has 29 heavy (non-hydrogen) atoms. The van der Waals surface area contributed by atoms with Crippen LogP contribution in [0.2, 0.25) is 0 Å². The van der Waals surface area contributed by atoms with Crippen LogP contribution in [0.5, 0.6) is 5.75 Å². The van der Waals surface area contributed by atoms with Crippen molar-refractivity contribution in [3.05, 3.63) is 62.3 Å². The molecule has 3 N–H and O–H groups in total. The molecular weight excluding hydrogens is 398 g/mol. The highest BCUT2D eigenvalue weighted by Crippen LogP contribution is 2.24. The molecule has 0 saturated carbocycles. The molecule has 0 unspecified atom stereocenters. The number of rotatable bonds is 8. The van der Waals surface area contributed by atoms with E-state index in [9.17, 15) is 14.4 Å². The summed E-state index contributed by atoms with van der Waals surface area (Å²) in [5, 5.41) is 10.7. The topological polar surface area (TPSA) is 143 Å². The monoisotopic (exact) mass is 417 g/mol. The van der Waals surface area contributed by atoms with Gasteiger partial charge in [0.25, 0.3) is 10.8 Å². The number of aryl methyl sites for hydroxylation is 1. The van der Waals surface area contributed by atoms with Crippen LogP contribution >= 0.6 is 11.8 Å². The van der Waals surface area contributed by atoms with Gasteiger partial charge in [-0.3, -0.25) is 14.6 Å². The highest BCUT2D eigenvalue weighted by molar-refractivity contribution is 7.99. The molecular formula is C18H19N5O5S. The number of carbonyl (C=O) groups is 1. The Hall–Kier alpha value is -3.34. The van der Waals surface area contributed by atoms with Gasteiger partial charge in [-0.1, -0.05) is 23.9 Å². The van der Waals surface area contributed by atoms with Crippen molar-refractivity contribution in [1.82, 2.24) is 20.2 Å². The third-order valence-corrected chi connectivity index (χ3v) is 4.64. The minimum atomic E-state index is -0.574. The maximum absolute atomic E-state index is 12.2. The Kier molecular flexibility index (Phi) is 6.50. The van der Waals surface area contributed by atoms with E-state index in [1.807, 2.05) is 13.0 Å². The van der Waals surface area contributed by atoms with Gasteiger partial charge in [0.2, 0.25) is 11.8 Å². The first-order valence-electron chi connectivity index (χ1n) is 8.75. The number of aromatic amines is 2. The molecule has 0 aliphatic heterocycles. The summed E-state index contributed by atoms with van der Waals surface area (Å²) in [6.07, 6.45) is 0.0689. The summed E-state index contributed by atoms with van der Waals surface area (Å²) < 4.78 is 11.0. The number of para-hydroxylation sites is 2. The van der Waals surface area contributed by atoms with Crippen LogP contribution in [-0.2, 0) is 11.2 Å². The first-order chi connectivity index (χ1) is 14.0. The van der Waals surface area contributed by atoms with E-state index in [-0.39, 0.29) is 29.2 Å². The molecule has 10 nitrogen and oxygen atoms in total. The Morgan fingerprint density at radius 2 is 2.03 bits per heavy atom. The first-order valence-corrected chi connectivity index (χ1v) is 9.73. The number of hydrogen-bond donors (Lipinski definition) is 3. The molecule has 0 aliphatic rings. The molecule has 0 atom stereocenters. The Morgan fingerprint density at radius 1 is 1.24 bits per heavy atom. The highest BCUT2D eigenvalue weighted by atomic mass is 32.2. The van der Waals surface area contributed by atoms with Crippen LogP contribution in [0.15, 0.2) is 43.5 Å². The van der Waals surface area contributed by atoms with Gasteiger partial charge in [-0.15, -0.1) is 10.2 Å². The fourth-order valence-electron chi connectivity index (χ4n) is 2.52. The van der Waals surface area contributed by atoms with Crippen molar-refractivity contribution in [3.8, 4) is 5.75 Å². The number of hydrogen-bond acceptors (Lipinski definition) is 8. The van der Waals surface area contributed by atoms with Crippen molar-refractivity contribution in [2.45, 2.75) is 25.5 Å². The lowest BCUT2D eigenvalue weighted by Crippen LogP contribution is -2.27. The maximum atomic E-state index is 12.2.